The van der Waals surface area contributed by atoms with Crippen molar-refractivity contribution >= 4 is 63.0 Å². The van der Waals surface area contributed by atoms with E-state index in [4.69, 9.17) is 26.8 Å². The number of carbonyl (C=O) groups excluding carboxylic acids is 4. The predicted octanol–water partition coefficient (Wildman–Crippen LogP) is 11.6. The Bertz CT molecular complexity index is 3060. The first-order valence-corrected chi connectivity index (χ1v) is 22.2. The largest absolute Gasteiger partial charge is 0.496 e. The number of ether oxygens (including phenoxy) is 2. The average Bonchev–Trinajstić information content (AvgIpc) is 3.33. The normalized spacial score (nSPS) is 14.9. The predicted molar refractivity (Wildman–Crippen MR) is 273 cm³/mol. The van der Waals surface area contributed by atoms with E-state index in [0.717, 1.165) is 67.2 Å². The van der Waals surface area contributed by atoms with Crippen molar-refractivity contribution in [2.75, 3.05) is 35.1 Å². The highest BCUT2D eigenvalue weighted by Gasteiger charge is 2.44. The number of nitrogen functional groups attached to an aromatic ring is 1. The molecule has 6 aromatic rings. The van der Waals surface area contributed by atoms with Gasteiger partial charge in [0.1, 0.15) is 11.5 Å². The number of non-ortho nitro benzene ring substituents is 1. The Morgan fingerprint density at radius 1 is 0.638 bits per heavy atom. The quantitative estimate of drug-likeness (QED) is 0.0338. The molecule has 0 unspecified atom stereocenters. The molecule has 0 radical (unpaired) electrons. The van der Waals surface area contributed by atoms with Gasteiger partial charge in [0.15, 0.2) is 0 Å². The Balaban J connectivity index is 0.000000197. The summed E-state index contributed by atoms with van der Waals surface area (Å²) in [5, 5.41) is 13.3. The molecule has 3 N–H and O–H groups in total. The molecule has 8 rings (SSSR count). The Morgan fingerprint density at radius 2 is 1.09 bits per heavy atom. The van der Waals surface area contributed by atoms with E-state index in [1.807, 2.05) is 121 Å². The van der Waals surface area contributed by atoms with Crippen LogP contribution in [0.4, 0.5) is 28.4 Å². The Labute approximate surface area is 407 Å². The number of methoxy groups -OCH3 is 2. The maximum Gasteiger partial charge on any atom is 0.269 e. The molecule has 0 aromatic heterocycles. The number of nitro benzene ring substituents is 1. The summed E-state index contributed by atoms with van der Waals surface area (Å²) in [6.07, 6.45) is 0. The monoisotopic (exact) mass is 947 g/mol. The van der Waals surface area contributed by atoms with Gasteiger partial charge in [0.2, 0.25) is 0 Å². The van der Waals surface area contributed by atoms with Crippen LogP contribution in [0.5, 0.6) is 11.5 Å². The van der Waals surface area contributed by atoms with Gasteiger partial charge in [-0.2, -0.15) is 0 Å². The van der Waals surface area contributed by atoms with Gasteiger partial charge >= 0.3 is 0 Å². The van der Waals surface area contributed by atoms with Crippen LogP contribution in [-0.4, -0.2) is 42.1 Å². The maximum absolute atomic E-state index is 12.8. The number of hydrogen-bond acceptors (Lipinski definition) is 9. The van der Waals surface area contributed by atoms with Crippen molar-refractivity contribution in [3.05, 3.63) is 205 Å². The van der Waals surface area contributed by atoms with Crippen molar-refractivity contribution in [2.45, 2.75) is 60.5 Å². The molecule has 2 saturated heterocycles. The standard InChI is InChI=1S/C27H25N3O5.C20H22N2O2.C8H7ClO/c1-15-6-7-20(13-23(15)28-26(31)19-8-10-21(11-9-19)30(33)34)25-18(4)27(32)29(25)22-12-16(2)17(3)24(14-22)35-5;1-11-6-7-15(9-17(11)21)19-14(4)20(23)22(19)16-8-12(2)13(3)18(10-16)24-5;1-6-2-4-7(5-3-6)8(9)10/h6-14,25H,4H2,1-3,5H3,(H,28,31);6-10,19H,4,21H2,1-3,5H3;2-5H,1H3/t25-;19-;/m11./s1. The van der Waals surface area contributed by atoms with E-state index in [-0.39, 0.29) is 35.5 Å². The number of carbonyl (C=O) groups is 4. The molecule has 2 aliphatic heterocycles. The van der Waals surface area contributed by atoms with Gasteiger partial charge in [0, 0.05) is 69.3 Å². The second-order valence-corrected chi connectivity index (χ2v) is 17.3. The molecule has 69 heavy (non-hydrogen) atoms. The highest BCUT2D eigenvalue weighted by molar-refractivity contribution is 6.67. The molecule has 2 aliphatic rings. The topological polar surface area (TPSA) is 174 Å². The SMILES string of the molecule is C=C1C(=O)N(c2cc(C)c(C)c(OC)c2)[C@H]1c1ccc(C)c(N)c1.C=C1C(=O)N(c2cc(C)c(C)c(OC)c2)[C@H]1c1ccc(C)c(NC(=O)c2ccc([N+](=O)[O-])cc2)c1.Cc1ccc(C(=O)Cl)cc1. The lowest BCUT2D eigenvalue weighted by molar-refractivity contribution is -0.384. The molecule has 354 valence electrons. The molecule has 0 spiro atoms. The number of aryl methyl sites for hydroxylation is 5. The van der Waals surface area contributed by atoms with Crippen LogP contribution in [0, 0.1) is 58.6 Å². The number of β-lactam (4-membered cyclic amide) rings is 2. The molecular formula is C55H54ClN5O8. The molecule has 2 fully saturated rings. The van der Waals surface area contributed by atoms with Crippen molar-refractivity contribution in [3.63, 3.8) is 0 Å². The Hall–Kier alpha value is -8.03. The van der Waals surface area contributed by atoms with Gasteiger partial charge in [-0.15, -0.1) is 0 Å². The third kappa shape index (κ3) is 10.6. The zero-order valence-corrected chi connectivity index (χ0v) is 40.8. The fourth-order valence-corrected chi connectivity index (χ4v) is 8.02. The lowest BCUT2D eigenvalue weighted by atomic mass is 9.87. The van der Waals surface area contributed by atoms with Gasteiger partial charge in [0.25, 0.3) is 28.7 Å². The van der Waals surface area contributed by atoms with Crippen molar-refractivity contribution in [3.8, 4) is 11.5 Å². The number of nitrogens with one attached hydrogen (secondary N) is 1. The summed E-state index contributed by atoms with van der Waals surface area (Å²) in [5.41, 5.74) is 19.6. The van der Waals surface area contributed by atoms with E-state index < -0.39 is 10.2 Å². The van der Waals surface area contributed by atoms with Crippen LogP contribution in [0.25, 0.3) is 0 Å². The number of hydrogen-bond donors (Lipinski definition) is 2. The minimum atomic E-state index is -0.515. The van der Waals surface area contributed by atoms with E-state index in [1.165, 1.54) is 24.3 Å². The molecule has 2 atom stereocenters. The van der Waals surface area contributed by atoms with Crippen LogP contribution >= 0.6 is 11.6 Å². The molecule has 0 aliphatic carbocycles. The van der Waals surface area contributed by atoms with Crippen LogP contribution in [0.2, 0.25) is 0 Å². The van der Waals surface area contributed by atoms with Gasteiger partial charge in [-0.25, -0.2) is 0 Å². The number of amides is 3. The zero-order valence-electron chi connectivity index (χ0n) is 40.0. The third-order valence-corrected chi connectivity index (χ3v) is 12.7. The van der Waals surface area contributed by atoms with Gasteiger partial charge in [-0.1, -0.05) is 55.1 Å². The minimum absolute atomic E-state index is 0.0653. The first-order valence-electron chi connectivity index (χ1n) is 21.8. The summed E-state index contributed by atoms with van der Waals surface area (Å²) in [7, 11) is 3.24. The second kappa shape index (κ2) is 20.9. The first-order chi connectivity index (χ1) is 32.7. The summed E-state index contributed by atoms with van der Waals surface area (Å²) in [6, 6.07) is 31.2. The lowest BCUT2D eigenvalue weighted by Crippen LogP contribution is -2.49. The van der Waals surface area contributed by atoms with E-state index in [0.29, 0.717) is 39.4 Å². The fraction of sp³-hybridized carbons (Fsp3) is 0.200. The van der Waals surface area contributed by atoms with Crippen LogP contribution in [0.15, 0.2) is 133 Å². The summed E-state index contributed by atoms with van der Waals surface area (Å²) in [4.78, 5) is 62.3. The highest BCUT2D eigenvalue weighted by Crippen LogP contribution is 2.46. The molecule has 0 bridgehead atoms. The van der Waals surface area contributed by atoms with Crippen molar-refractivity contribution in [1.82, 2.24) is 0 Å². The molecule has 6 aromatic carbocycles. The molecule has 0 saturated carbocycles. The summed E-state index contributed by atoms with van der Waals surface area (Å²) < 4.78 is 10.9. The maximum atomic E-state index is 12.8. The number of halogens is 1. The van der Waals surface area contributed by atoms with Gasteiger partial charge < -0.3 is 20.5 Å². The Morgan fingerprint density at radius 3 is 1.52 bits per heavy atom. The number of anilines is 4. The van der Waals surface area contributed by atoms with Crippen molar-refractivity contribution in [2.24, 2.45) is 0 Å². The third-order valence-electron chi connectivity index (χ3n) is 12.4. The van der Waals surface area contributed by atoms with Crippen molar-refractivity contribution in [1.29, 1.82) is 0 Å². The number of nitrogens with zero attached hydrogens (tertiary/aromatic N) is 3. The zero-order chi connectivity index (χ0) is 50.6. The van der Waals surface area contributed by atoms with Crippen LogP contribution in [0.3, 0.4) is 0 Å². The lowest BCUT2D eigenvalue weighted by Gasteiger charge is -2.43. The van der Waals surface area contributed by atoms with E-state index in [9.17, 15) is 29.3 Å². The van der Waals surface area contributed by atoms with Crippen LogP contribution in [-0.2, 0) is 9.59 Å². The number of benzene rings is 6. The number of nitrogens with two attached hydrogens (primary N) is 1. The van der Waals surface area contributed by atoms with Crippen LogP contribution in [0.1, 0.15) is 82.9 Å². The fourth-order valence-electron chi connectivity index (χ4n) is 7.90. The second-order valence-electron chi connectivity index (χ2n) is 17.0. The molecule has 3 amide bonds. The summed E-state index contributed by atoms with van der Waals surface area (Å²) in [5.74, 6) is 0.850. The van der Waals surface area contributed by atoms with E-state index in [1.54, 1.807) is 36.2 Å². The van der Waals surface area contributed by atoms with E-state index >= 15 is 0 Å². The summed E-state index contributed by atoms with van der Waals surface area (Å²) in [6.45, 7) is 21.7. The summed E-state index contributed by atoms with van der Waals surface area (Å²) >= 11 is 5.22. The smallest absolute Gasteiger partial charge is 0.269 e. The number of nitro groups is 1. The van der Waals surface area contributed by atoms with Gasteiger partial charge in [-0.3, -0.25) is 39.1 Å². The molecular weight excluding hydrogens is 894 g/mol. The Kier molecular flexibility index (Phi) is 15.2. The first kappa shape index (κ1) is 50.4. The molecule has 14 heteroatoms. The van der Waals surface area contributed by atoms with Gasteiger partial charge in [0.05, 0.1) is 31.2 Å². The average molecular weight is 949 g/mol. The van der Waals surface area contributed by atoms with Gasteiger partial charge in [-0.05, 0) is 153 Å². The highest BCUT2D eigenvalue weighted by atomic mass is 35.5. The minimum Gasteiger partial charge on any atom is -0.496 e. The van der Waals surface area contributed by atoms with E-state index in [2.05, 4.69) is 18.5 Å². The van der Waals surface area contributed by atoms with Crippen LogP contribution < -0.4 is 30.3 Å². The van der Waals surface area contributed by atoms with Crippen molar-refractivity contribution < 1.29 is 33.6 Å². The molecule has 2 heterocycles. The number of rotatable bonds is 10. The molecule has 13 nitrogen and oxygen atoms in total.